The first-order valence-electron chi connectivity index (χ1n) is 10.2. The van der Waals surface area contributed by atoms with Crippen LogP contribution in [-0.2, 0) is 4.79 Å². The Morgan fingerprint density at radius 2 is 1.90 bits per heavy atom. The molecular weight excluding hydrogens is 410 g/mol. The zero-order valence-corrected chi connectivity index (χ0v) is 18.6. The maximum atomic E-state index is 13.5. The number of carbonyl (C=O) groups excluding carboxylic acids is 1. The van der Waals surface area contributed by atoms with Crippen molar-refractivity contribution in [3.05, 3.63) is 79.3 Å². The van der Waals surface area contributed by atoms with Crippen molar-refractivity contribution in [2.45, 2.75) is 25.6 Å². The third-order valence-corrected chi connectivity index (χ3v) is 7.01. The number of fused-ring (bicyclic) bond motifs is 6. The largest absolute Gasteiger partial charge is 0.465 e. The highest BCUT2D eigenvalue weighted by Gasteiger charge is 2.53. The molecule has 0 amide bonds. The fourth-order valence-electron chi connectivity index (χ4n) is 4.58. The molecule has 2 aliphatic heterocycles. The molecule has 0 spiro atoms. The third-order valence-electron chi connectivity index (χ3n) is 6.02. The minimum Gasteiger partial charge on any atom is -0.465 e. The fraction of sp³-hybridized carbons (Fsp3) is 0.292. The van der Waals surface area contributed by atoms with Gasteiger partial charge >= 0.3 is 0 Å². The molecule has 1 aromatic heterocycles. The molecule has 0 saturated carbocycles. The number of para-hydroxylation sites is 1. The summed E-state index contributed by atoms with van der Waals surface area (Å²) >= 11 is 1.34. The number of hydrogen-bond donors (Lipinski definition) is 0. The second-order valence-corrected chi connectivity index (χ2v) is 9.40. The summed E-state index contributed by atoms with van der Waals surface area (Å²) in [6.07, 6.45) is 1.88. The summed E-state index contributed by atoms with van der Waals surface area (Å²) < 4.78 is 8.48. The van der Waals surface area contributed by atoms with Gasteiger partial charge in [0.2, 0.25) is 5.72 Å². The van der Waals surface area contributed by atoms with Gasteiger partial charge in [0.15, 0.2) is 4.80 Å². The van der Waals surface area contributed by atoms with Crippen molar-refractivity contribution < 1.29 is 9.53 Å². The van der Waals surface area contributed by atoms with Gasteiger partial charge in [-0.05, 0) is 43.7 Å². The van der Waals surface area contributed by atoms with Crippen LogP contribution in [0.3, 0.4) is 0 Å². The van der Waals surface area contributed by atoms with Gasteiger partial charge in [-0.1, -0.05) is 41.7 Å². The average Bonchev–Trinajstić information content (AvgIpc) is 3.01. The molecule has 2 bridgehead atoms. The highest BCUT2D eigenvalue weighted by Crippen LogP contribution is 2.47. The normalized spacial score (nSPS) is 23.9. The van der Waals surface area contributed by atoms with Crippen molar-refractivity contribution in [3.8, 4) is 5.75 Å². The minimum absolute atomic E-state index is 0.0423. The molecule has 0 aliphatic carbocycles. The number of carbonyl (C=O) groups is 1. The number of thiazole rings is 1. The number of ketones is 1. The van der Waals surface area contributed by atoms with Gasteiger partial charge in [-0.2, -0.15) is 0 Å². The van der Waals surface area contributed by atoms with Crippen LogP contribution in [0.2, 0.25) is 0 Å². The van der Waals surface area contributed by atoms with Crippen LogP contribution in [0.25, 0.3) is 6.08 Å². The monoisotopic (exact) mass is 433 g/mol. The van der Waals surface area contributed by atoms with Gasteiger partial charge in [0.05, 0.1) is 10.6 Å². The second kappa shape index (κ2) is 6.92. The van der Waals surface area contributed by atoms with E-state index in [9.17, 15) is 9.59 Å². The molecule has 0 saturated heterocycles. The van der Waals surface area contributed by atoms with Crippen LogP contribution in [0.5, 0.6) is 5.75 Å². The molecule has 0 N–H and O–H groups in total. The van der Waals surface area contributed by atoms with Gasteiger partial charge in [0.25, 0.3) is 5.56 Å². The SMILES string of the molecule is CC(=O)[C@H]1[C@H]2c3ccccc3O[C@]1(C)N=c1s/c(=C/c3ccc(N(C)C)cc3)c(=O)n12. The standard InChI is InChI=1S/C24H23N3O3S/c1-14(28)20-21-17-7-5-6-8-18(17)30-24(20,2)25-23-27(21)22(29)19(31-23)13-15-9-11-16(12-10-15)26(3)4/h5-13,20-21H,1-4H3/b19-13+/t20-,21+,24-/m0/s1. The van der Waals surface area contributed by atoms with Crippen LogP contribution >= 0.6 is 11.3 Å². The van der Waals surface area contributed by atoms with E-state index in [0.29, 0.717) is 15.1 Å². The van der Waals surface area contributed by atoms with Crippen molar-refractivity contribution >= 4 is 28.9 Å². The lowest BCUT2D eigenvalue weighted by Crippen LogP contribution is -2.58. The molecule has 5 rings (SSSR count). The number of nitrogens with zero attached hydrogens (tertiary/aromatic N) is 3. The van der Waals surface area contributed by atoms with Crippen molar-refractivity contribution in [3.63, 3.8) is 0 Å². The van der Waals surface area contributed by atoms with E-state index in [1.165, 1.54) is 11.3 Å². The highest BCUT2D eigenvalue weighted by atomic mass is 32.1. The van der Waals surface area contributed by atoms with Crippen molar-refractivity contribution in [1.82, 2.24) is 4.57 Å². The molecule has 158 valence electrons. The predicted molar refractivity (Wildman–Crippen MR) is 121 cm³/mol. The van der Waals surface area contributed by atoms with Gasteiger partial charge in [-0.15, -0.1) is 0 Å². The Hall–Kier alpha value is -3.19. The maximum Gasteiger partial charge on any atom is 0.270 e. The lowest BCUT2D eigenvalue weighted by atomic mass is 9.79. The van der Waals surface area contributed by atoms with Gasteiger partial charge in [-0.3, -0.25) is 14.2 Å². The summed E-state index contributed by atoms with van der Waals surface area (Å²) in [7, 11) is 3.98. The Morgan fingerprint density at radius 1 is 1.19 bits per heavy atom. The van der Waals surface area contributed by atoms with E-state index >= 15 is 0 Å². The molecule has 0 unspecified atom stereocenters. The summed E-state index contributed by atoms with van der Waals surface area (Å²) in [5.41, 5.74) is 1.71. The summed E-state index contributed by atoms with van der Waals surface area (Å²) in [4.78, 5) is 33.6. The van der Waals surface area contributed by atoms with Crippen LogP contribution in [0.1, 0.15) is 31.0 Å². The summed E-state index contributed by atoms with van der Waals surface area (Å²) in [6, 6.07) is 15.2. The smallest absolute Gasteiger partial charge is 0.270 e. The number of anilines is 1. The van der Waals surface area contributed by atoms with Gasteiger partial charge in [-0.25, -0.2) is 4.99 Å². The molecule has 2 aromatic carbocycles. The minimum atomic E-state index is -1.03. The molecule has 0 radical (unpaired) electrons. The number of rotatable bonds is 3. The molecule has 2 aliphatic rings. The van der Waals surface area contributed by atoms with E-state index in [1.807, 2.05) is 80.5 Å². The summed E-state index contributed by atoms with van der Waals surface area (Å²) in [5.74, 6) is 0.0681. The van der Waals surface area contributed by atoms with E-state index in [0.717, 1.165) is 16.8 Å². The molecule has 6 nitrogen and oxygen atoms in total. The Morgan fingerprint density at radius 3 is 2.58 bits per heavy atom. The van der Waals surface area contributed by atoms with Gasteiger partial charge < -0.3 is 9.64 Å². The number of hydrogen-bond acceptors (Lipinski definition) is 6. The number of ether oxygens (including phenoxy) is 1. The number of aromatic nitrogens is 1. The van der Waals surface area contributed by atoms with E-state index < -0.39 is 17.7 Å². The van der Waals surface area contributed by atoms with Gasteiger partial charge in [0, 0.05) is 25.3 Å². The van der Waals surface area contributed by atoms with Crippen LogP contribution < -0.4 is 24.5 Å². The number of benzene rings is 2. The van der Waals surface area contributed by atoms with Crippen molar-refractivity contribution in [1.29, 1.82) is 0 Å². The third kappa shape index (κ3) is 3.03. The van der Waals surface area contributed by atoms with Gasteiger partial charge in [0.1, 0.15) is 17.5 Å². The maximum absolute atomic E-state index is 13.5. The molecule has 7 heteroatoms. The molecule has 31 heavy (non-hydrogen) atoms. The van der Waals surface area contributed by atoms with Crippen LogP contribution in [-0.4, -0.2) is 30.2 Å². The summed E-state index contributed by atoms with van der Waals surface area (Å²) in [5, 5.41) is 0. The Kier molecular flexibility index (Phi) is 4.41. The second-order valence-electron chi connectivity index (χ2n) is 8.39. The fourth-order valence-corrected chi connectivity index (χ4v) is 5.68. The zero-order valence-electron chi connectivity index (χ0n) is 17.8. The molecule has 3 atom stereocenters. The lowest BCUT2D eigenvalue weighted by Gasteiger charge is -2.45. The first kappa shape index (κ1) is 19.8. The van der Waals surface area contributed by atoms with Crippen LogP contribution in [0.4, 0.5) is 5.69 Å². The van der Waals surface area contributed by atoms with E-state index in [-0.39, 0.29) is 11.3 Å². The number of Topliss-reactive ketones (excluding diaryl/α,β-unsaturated/α-hetero) is 1. The first-order chi connectivity index (χ1) is 14.8. The van der Waals surface area contributed by atoms with Crippen LogP contribution in [0.15, 0.2) is 58.3 Å². The predicted octanol–water partition coefficient (Wildman–Crippen LogP) is 2.34. The quantitative estimate of drug-likeness (QED) is 0.636. The lowest BCUT2D eigenvalue weighted by molar-refractivity contribution is -0.132. The molecular formula is C24H23N3O3S. The van der Waals surface area contributed by atoms with E-state index in [1.54, 1.807) is 11.5 Å². The average molecular weight is 434 g/mol. The first-order valence-corrected chi connectivity index (χ1v) is 11.0. The molecule has 3 aromatic rings. The zero-order chi connectivity index (χ0) is 21.9. The molecule has 0 fully saturated rings. The van der Waals surface area contributed by atoms with E-state index in [2.05, 4.69) is 0 Å². The van der Waals surface area contributed by atoms with Crippen LogP contribution in [0, 0.1) is 5.92 Å². The summed E-state index contributed by atoms with van der Waals surface area (Å²) in [6.45, 7) is 3.38. The molecule has 3 heterocycles. The topological polar surface area (TPSA) is 63.9 Å². The van der Waals surface area contributed by atoms with Crippen molar-refractivity contribution in [2.75, 3.05) is 19.0 Å². The highest BCUT2D eigenvalue weighted by molar-refractivity contribution is 7.07. The Balaban J connectivity index is 1.73. The van der Waals surface area contributed by atoms with E-state index in [4.69, 9.17) is 9.73 Å². The Bertz CT molecular complexity index is 1370. The Labute approximate surface area is 183 Å². The van der Waals surface area contributed by atoms with Crippen molar-refractivity contribution in [2.24, 2.45) is 10.9 Å².